The van der Waals surface area contributed by atoms with Crippen LogP contribution in [0.4, 0.5) is 29.3 Å². The molecule has 0 heterocycles. The molecule has 0 saturated heterocycles. The summed E-state index contributed by atoms with van der Waals surface area (Å²) in [6.45, 7) is 4.46. The van der Waals surface area contributed by atoms with Gasteiger partial charge in [0.05, 0.1) is 24.4 Å². The van der Waals surface area contributed by atoms with E-state index in [1.165, 1.54) is 44.2 Å². The van der Waals surface area contributed by atoms with Crippen molar-refractivity contribution < 1.29 is 55.3 Å². The number of hydrogen-bond acceptors (Lipinski definition) is 9. The van der Waals surface area contributed by atoms with Crippen LogP contribution in [0.5, 0.6) is 11.5 Å². The van der Waals surface area contributed by atoms with Crippen LogP contribution >= 0.6 is 0 Å². The highest BCUT2D eigenvalue weighted by molar-refractivity contribution is 7.92. The molecule has 0 aliphatic carbocycles. The van der Waals surface area contributed by atoms with Gasteiger partial charge in [-0.25, -0.2) is 18.0 Å². The molecule has 0 spiro atoms. The van der Waals surface area contributed by atoms with Gasteiger partial charge < -0.3 is 35.4 Å². The topological polar surface area (TPSA) is 180 Å². The number of benzene rings is 3. The Kier molecular flexibility index (Phi) is 14.2. The van der Waals surface area contributed by atoms with E-state index in [-0.39, 0.29) is 23.3 Å². The van der Waals surface area contributed by atoms with E-state index in [1.54, 1.807) is 70.4 Å². The van der Waals surface area contributed by atoms with E-state index in [0.717, 1.165) is 0 Å². The average Bonchev–Trinajstić information content (AvgIpc) is 3.05. The average molecular weight is 725 g/mol. The van der Waals surface area contributed by atoms with Gasteiger partial charge in [0.25, 0.3) is 0 Å². The maximum atomic E-state index is 13.8. The second-order valence-electron chi connectivity index (χ2n) is 11.1. The van der Waals surface area contributed by atoms with Crippen LogP contribution in [0.1, 0.15) is 48.3 Å². The van der Waals surface area contributed by atoms with Crippen molar-refractivity contribution in [1.82, 2.24) is 10.2 Å². The smallest absolute Gasteiger partial charge is 0.490 e. The zero-order chi connectivity index (χ0) is 38.0. The number of halogens is 3. The van der Waals surface area contributed by atoms with Crippen molar-refractivity contribution in [3.05, 3.63) is 77.4 Å². The van der Waals surface area contributed by atoms with Gasteiger partial charge in [-0.15, -0.1) is 0 Å². The van der Waals surface area contributed by atoms with Gasteiger partial charge in [-0.2, -0.15) is 13.2 Å². The first-order chi connectivity index (χ1) is 23.2. The highest BCUT2D eigenvalue weighted by Crippen LogP contribution is 2.32. The zero-order valence-corrected chi connectivity index (χ0v) is 29.2. The summed E-state index contributed by atoms with van der Waals surface area (Å²) in [6.07, 6.45) is -5.08. The van der Waals surface area contributed by atoms with Crippen LogP contribution < -0.4 is 25.4 Å². The second-order valence-corrected chi connectivity index (χ2v) is 13.6. The Morgan fingerprint density at radius 3 is 2.04 bits per heavy atom. The Labute approximate surface area is 287 Å². The van der Waals surface area contributed by atoms with Crippen LogP contribution in [0.25, 0.3) is 0 Å². The van der Waals surface area contributed by atoms with Crippen molar-refractivity contribution >= 4 is 44.9 Å². The number of alkyl halides is 3. The number of sulfone groups is 1. The predicted octanol–water partition coefficient (Wildman–Crippen LogP) is 5.28. The standard InChI is InChI=1S/C31H38N4O7S.C2HF3O2/c1-19(2)43(39,40)28-14-12-25(34-31(38)35(4)5)16-23(28)18-32-30(37)29(22-11-13-26(41-6)27(17-22)42-7)33-24-10-8-9-21(15-24)20(3)36;3-2(4,5)1(6)7/h8-17,19,29,33H,18H2,1-7H3,(H,32,37)(H,34,38);(H,6,7). The van der Waals surface area contributed by atoms with Crippen molar-refractivity contribution in [2.45, 2.75) is 49.7 Å². The van der Waals surface area contributed by atoms with Crippen molar-refractivity contribution in [2.24, 2.45) is 0 Å². The minimum Gasteiger partial charge on any atom is -0.493 e. The monoisotopic (exact) mass is 724 g/mol. The molecular weight excluding hydrogens is 685 g/mol. The first kappa shape index (κ1) is 40.9. The van der Waals surface area contributed by atoms with Gasteiger partial charge in [-0.05, 0) is 74.4 Å². The number of carbonyl (C=O) groups is 4. The maximum absolute atomic E-state index is 13.8. The molecule has 1 unspecified atom stereocenters. The summed E-state index contributed by atoms with van der Waals surface area (Å²) in [5, 5.41) is 15.2. The Morgan fingerprint density at radius 1 is 0.900 bits per heavy atom. The number of Topliss-reactive ketones (excluding diaryl/α,β-unsaturated/α-hetero) is 1. The van der Waals surface area contributed by atoms with Gasteiger partial charge in [-0.1, -0.05) is 18.2 Å². The number of ketones is 1. The minimum absolute atomic E-state index is 0.0513. The first-order valence-corrected chi connectivity index (χ1v) is 16.3. The van der Waals surface area contributed by atoms with E-state index in [9.17, 15) is 36.0 Å². The molecule has 0 saturated carbocycles. The van der Waals surface area contributed by atoms with Gasteiger partial charge in [0.2, 0.25) is 5.91 Å². The maximum Gasteiger partial charge on any atom is 0.490 e. The molecule has 0 fully saturated rings. The van der Waals surface area contributed by atoms with Crippen molar-refractivity contribution in [3.63, 3.8) is 0 Å². The lowest BCUT2D eigenvalue weighted by molar-refractivity contribution is -0.192. The molecular formula is C33H39F3N4O9S. The van der Waals surface area contributed by atoms with Gasteiger partial charge in [0.1, 0.15) is 6.04 Å². The fourth-order valence-electron chi connectivity index (χ4n) is 4.17. The molecule has 0 aromatic heterocycles. The van der Waals surface area contributed by atoms with Crippen LogP contribution in [0.3, 0.4) is 0 Å². The number of hydrogen-bond donors (Lipinski definition) is 4. The van der Waals surface area contributed by atoms with Crippen LogP contribution in [0.15, 0.2) is 65.6 Å². The summed E-state index contributed by atoms with van der Waals surface area (Å²) < 4.78 is 68.9. The number of anilines is 2. The molecule has 1 atom stereocenters. The number of ether oxygens (including phenoxy) is 2. The Morgan fingerprint density at radius 2 is 1.52 bits per heavy atom. The lowest BCUT2D eigenvalue weighted by Crippen LogP contribution is -2.34. The molecule has 3 aromatic carbocycles. The van der Waals surface area contributed by atoms with E-state index in [0.29, 0.717) is 39.6 Å². The first-order valence-electron chi connectivity index (χ1n) is 14.7. The van der Waals surface area contributed by atoms with E-state index >= 15 is 0 Å². The van der Waals surface area contributed by atoms with E-state index in [2.05, 4.69) is 16.0 Å². The fraction of sp³-hybridized carbons (Fsp3) is 0.333. The van der Waals surface area contributed by atoms with Crippen LogP contribution in [0.2, 0.25) is 0 Å². The highest BCUT2D eigenvalue weighted by atomic mass is 32.2. The van der Waals surface area contributed by atoms with Crippen LogP contribution in [-0.2, 0) is 26.0 Å². The number of methoxy groups -OCH3 is 2. The number of rotatable bonds is 12. The molecule has 3 aromatic rings. The number of urea groups is 1. The van der Waals surface area contributed by atoms with Crippen molar-refractivity contribution in [2.75, 3.05) is 38.9 Å². The molecule has 0 aliphatic rings. The molecule has 17 heteroatoms. The third kappa shape index (κ3) is 11.1. The summed E-state index contributed by atoms with van der Waals surface area (Å²) in [6, 6.07) is 14.9. The Balaban J connectivity index is 0.00000112. The summed E-state index contributed by atoms with van der Waals surface area (Å²) >= 11 is 0. The third-order valence-corrected chi connectivity index (χ3v) is 9.18. The largest absolute Gasteiger partial charge is 0.493 e. The number of carbonyl (C=O) groups excluding carboxylic acids is 3. The minimum atomic E-state index is -5.08. The van der Waals surface area contributed by atoms with E-state index in [4.69, 9.17) is 19.4 Å². The molecule has 3 amide bonds. The van der Waals surface area contributed by atoms with Gasteiger partial charge in [-0.3, -0.25) is 9.59 Å². The van der Waals surface area contributed by atoms with Gasteiger partial charge in [0, 0.05) is 37.6 Å². The molecule has 50 heavy (non-hydrogen) atoms. The SMILES string of the molecule is COc1ccc(C(Nc2cccc(C(C)=O)c2)C(=O)NCc2cc(NC(=O)N(C)C)ccc2S(=O)(=O)C(C)C)cc1OC.O=C(O)C(F)(F)F. The molecule has 0 bridgehead atoms. The van der Waals surface area contributed by atoms with Crippen molar-refractivity contribution in [1.29, 1.82) is 0 Å². The Bertz CT molecular complexity index is 1810. The van der Waals surface area contributed by atoms with E-state index < -0.39 is 39.2 Å². The molecule has 0 aliphatic heterocycles. The summed E-state index contributed by atoms with van der Waals surface area (Å²) in [5.41, 5.74) is 2.21. The summed E-state index contributed by atoms with van der Waals surface area (Å²) in [4.78, 5) is 48.3. The Hall–Kier alpha value is -5.32. The lowest BCUT2D eigenvalue weighted by Gasteiger charge is -2.22. The molecule has 4 N–H and O–H groups in total. The highest BCUT2D eigenvalue weighted by Gasteiger charge is 2.38. The molecule has 3 rings (SSSR count). The number of carboxylic acid groups (broad SMARTS) is 1. The summed E-state index contributed by atoms with van der Waals surface area (Å²) in [5.74, 6) is -2.48. The quantitative estimate of drug-likeness (QED) is 0.180. The number of aliphatic carboxylic acids is 1. The van der Waals surface area contributed by atoms with Gasteiger partial charge >= 0.3 is 18.2 Å². The molecule has 0 radical (unpaired) electrons. The second kappa shape index (κ2) is 17.4. The predicted molar refractivity (Wildman–Crippen MR) is 179 cm³/mol. The number of nitrogens with zero attached hydrogens (tertiary/aromatic N) is 1. The fourth-order valence-corrected chi connectivity index (χ4v) is 5.44. The van der Waals surface area contributed by atoms with E-state index in [1.807, 2.05) is 0 Å². The summed E-state index contributed by atoms with van der Waals surface area (Å²) in [7, 11) is 2.44. The van der Waals surface area contributed by atoms with Gasteiger partial charge in [0.15, 0.2) is 27.1 Å². The third-order valence-electron chi connectivity index (χ3n) is 6.92. The van der Waals surface area contributed by atoms with Crippen molar-refractivity contribution in [3.8, 4) is 11.5 Å². The molecule has 272 valence electrons. The number of amides is 3. The lowest BCUT2D eigenvalue weighted by atomic mass is 10.0. The number of carboxylic acids is 1. The normalized spacial score (nSPS) is 11.7. The number of nitrogens with one attached hydrogen (secondary N) is 3. The zero-order valence-electron chi connectivity index (χ0n) is 28.3. The van der Waals surface area contributed by atoms with Crippen LogP contribution in [-0.4, -0.2) is 81.9 Å². The van der Waals surface area contributed by atoms with Crippen LogP contribution in [0, 0.1) is 0 Å². The molecule has 13 nitrogen and oxygen atoms in total.